The Morgan fingerprint density at radius 1 is 1.35 bits per heavy atom. The van der Waals surface area contributed by atoms with Crippen LogP contribution in [0.25, 0.3) is 10.9 Å². The van der Waals surface area contributed by atoms with Crippen molar-refractivity contribution in [1.82, 2.24) is 9.78 Å². The fraction of sp³-hybridized carbons (Fsp3) is 0.214. The topological polar surface area (TPSA) is 38.0 Å². The van der Waals surface area contributed by atoms with Crippen molar-refractivity contribution >= 4 is 54.1 Å². The van der Waals surface area contributed by atoms with Gasteiger partial charge in [0, 0.05) is 24.4 Å². The molecule has 6 heteroatoms. The summed E-state index contributed by atoms with van der Waals surface area (Å²) in [5.41, 5.74) is 2.90. The maximum Gasteiger partial charge on any atom is 0.0865 e. The number of thiophene rings is 1. The van der Waals surface area contributed by atoms with Crippen molar-refractivity contribution in [3.05, 3.63) is 49.2 Å². The first kappa shape index (κ1) is 14.3. The van der Waals surface area contributed by atoms with E-state index in [9.17, 15) is 5.11 Å². The molecule has 0 aliphatic rings. The monoisotopic (exact) mass is 414 g/mol. The Bertz CT molecular complexity index is 766. The highest BCUT2D eigenvalue weighted by Gasteiger charge is 2.18. The molecule has 3 aromatic rings. The van der Waals surface area contributed by atoms with Gasteiger partial charge in [-0.15, -0.1) is 11.3 Å². The van der Waals surface area contributed by atoms with Crippen LogP contribution >= 0.6 is 43.2 Å². The Kier molecular flexibility index (Phi) is 3.99. The Morgan fingerprint density at radius 2 is 2.10 bits per heavy atom. The van der Waals surface area contributed by atoms with E-state index in [0.717, 1.165) is 29.7 Å². The van der Waals surface area contributed by atoms with Gasteiger partial charge in [-0.3, -0.25) is 4.68 Å². The molecule has 0 amide bonds. The molecule has 1 N–H and O–H groups in total. The van der Waals surface area contributed by atoms with Crippen molar-refractivity contribution in [2.75, 3.05) is 0 Å². The van der Waals surface area contributed by atoms with Crippen molar-refractivity contribution in [2.24, 2.45) is 7.05 Å². The van der Waals surface area contributed by atoms with Crippen LogP contribution in [-0.4, -0.2) is 14.9 Å². The van der Waals surface area contributed by atoms with Crippen LogP contribution in [0, 0.1) is 0 Å². The number of aliphatic hydroxyl groups is 1. The summed E-state index contributed by atoms with van der Waals surface area (Å²) in [6, 6.07) is 10.0. The third kappa shape index (κ3) is 2.57. The van der Waals surface area contributed by atoms with Crippen molar-refractivity contribution in [2.45, 2.75) is 12.5 Å². The fourth-order valence-electron chi connectivity index (χ4n) is 2.31. The number of nitrogens with zero attached hydrogens (tertiary/aromatic N) is 2. The lowest BCUT2D eigenvalue weighted by Gasteiger charge is -2.08. The predicted octanol–water partition coefficient (Wildman–Crippen LogP) is 4.44. The number of aliphatic hydroxyl groups excluding tert-OH is 1. The van der Waals surface area contributed by atoms with Gasteiger partial charge in [0.15, 0.2) is 0 Å². The van der Waals surface area contributed by atoms with E-state index in [1.807, 2.05) is 42.1 Å². The standard InChI is InChI=1S/C14H12Br2N2OS/c1-18-11-5-3-2-4-8(11)10(17-18)7-12(19)9-6-13(15)20-14(9)16/h2-6,12,19H,7H2,1H3. The van der Waals surface area contributed by atoms with E-state index in [0.29, 0.717) is 6.42 Å². The van der Waals surface area contributed by atoms with Crippen LogP contribution in [-0.2, 0) is 13.5 Å². The van der Waals surface area contributed by atoms with E-state index >= 15 is 0 Å². The van der Waals surface area contributed by atoms with Gasteiger partial charge in [0.05, 0.1) is 24.9 Å². The summed E-state index contributed by atoms with van der Waals surface area (Å²) in [7, 11) is 1.93. The van der Waals surface area contributed by atoms with Gasteiger partial charge in [-0.25, -0.2) is 0 Å². The summed E-state index contributed by atoms with van der Waals surface area (Å²) in [6.45, 7) is 0. The van der Waals surface area contributed by atoms with Crippen molar-refractivity contribution < 1.29 is 5.11 Å². The molecule has 104 valence electrons. The predicted molar refractivity (Wildman–Crippen MR) is 89.1 cm³/mol. The lowest BCUT2D eigenvalue weighted by Crippen LogP contribution is -2.02. The highest BCUT2D eigenvalue weighted by molar-refractivity contribution is 9.12. The number of hydrogen-bond donors (Lipinski definition) is 1. The summed E-state index contributed by atoms with van der Waals surface area (Å²) < 4.78 is 3.82. The zero-order chi connectivity index (χ0) is 14.3. The zero-order valence-corrected chi connectivity index (χ0v) is 14.7. The molecule has 0 spiro atoms. The number of benzene rings is 1. The minimum Gasteiger partial charge on any atom is -0.388 e. The molecule has 1 aromatic carbocycles. The molecular weight excluding hydrogens is 404 g/mol. The van der Waals surface area contributed by atoms with Crippen LogP contribution in [0.15, 0.2) is 37.9 Å². The lowest BCUT2D eigenvalue weighted by molar-refractivity contribution is 0.177. The number of para-hydroxylation sites is 1. The molecule has 3 rings (SSSR count). The maximum absolute atomic E-state index is 10.4. The molecule has 0 aliphatic heterocycles. The van der Waals surface area contributed by atoms with Crippen LogP contribution in [0.4, 0.5) is 0 Å². The number of fused-ring (bicyclic) bond motifs is 1. The molecule has 3 nitrogen and oxygen atoms in total. The number of aromatic nitrogens is 2. The van der Waals surface area contributed by atoms with Crippen molar-refractivity contribution in [1.29, 1.82) is 0 Å². The van der Waals surface area contributed by atoms with Gasteiger partial charge in [-0.1, -0.05) is 18.2 Å². The van der Waals surface area contributed by atoms with Crippen LogP contribution in [0.2, 0.25) is 0 Å². The summed E-state index contributed by atoms with van der Waals surface area (Å²) >= 11 is 8.49. The minimum atomic E-state index is -0.565. The maximum atomic E-state index is 10.4. The minimum absolute atomic E-state index is 0.503. The smallest absolute Gasteiger partial charge is 0.0865 e. The number of rotatable bonds is 3. The molecule has 0 fully saturated rings. The van der Waals surface area contributed by atoms with Gasteiger partial charge >= 0.3 is 0 Å². The van der Waals surface area contributed by atoms with Gasteiger partial charge in [0.2, 0.25) is 0 Å². The quantitative estimate of drug-likeness (QED) is 0.686. The van der Waals surface area contributed by atoms with E-state index in [-0.39, 0.29) is 0 Å². The molecule has 1 atom stereocenters. The molecule has 0 saturated heterocycles. The van der Waals surface area contributed by atoms with E-state index in [1.165, 1.54) is 0 Å². The van der Waals surface area contributed by atoms with Crippen LogP contribution in [0.3, 0.4) is 0 Å². The zero-order valence-electron chi connectivity index (χ0n) is 10.7. The first-order valence-electron chi connectivity index (χ1n) is 6.09. The first-order valence-corrected chi connectivity index (χ1v) is 8.50. The Balaban J connectivity index is 1.95. The summed E-state index contributed by atoms with van der Waals surface area (Å²) in [5, 5.41) is 16.1. The van der Waals surface area contributed by atoms with E-state index in [4.69, 9.17) is 0 Å². The molecule has 0 aliphatic carbocycles. The normalized spacial score (nSPS) is 13.0. The van der Waals surface area contributed by atoms with Crippen LogP contribution < -0.4 is 0 Å². The number of aryl methyl sites for hydroxylation is 1. The Hall–Kier alpha value is -0.690. The molecule has 0 bridgehead atoms. The number of halogens is 2. The molecule has 2 heterocycles. The SMILES string of the molecule is Cn1nc(CC(O)c2cc(Br)sc2Br)c2ccccc21. The Labute approximate surface area is 137 Å². The molecular formula is C14H12Br2N2OS. The summed E-state index contributed by atoms with van der Waals surface area (Å²) in [5.74, 6) is 0. The second-order valence-electron chi connectivity index (χ2n) is 4.59. The molecule has 2 aromatic heterocycles. The fourth-order valence-corrected chi connectivity index (χ4v) is 5.27. The first-order chi connectivity index (χ1) is 9.56. The Morgan fingerprint density at radius 3 is 2.80 bits per heavy atom. The van der Waals surface area contributed by atoms with E-state index in [2.05, 4.69) is 37.0 Å². The lowest BCUT2D eigenvalue weighted by atomic mass is 10.1. The molecule has 1 unspecified atom stereocenters. The molecule has 0 radical (unpaired) electrons. The van der Waals surface area contributed by atoms with E-state index < -0.39 is 6.10 Å². The largest absolute Gasteiger partial charge is 0.388 e. The number of hydrogen-bond acceptors (Lipinski definition) is 3. The average molecular weight is 416 g/mol. The van der Waals surface area contributed by atoms with E-state index in [1.54, 1.807) is 11.3 Å². The third-order valence-corrected chi connectivity index (χ3v) is 5.65. The summed E-state index contributed by atoms with van der Waals surface area (Å²) in [4.78, 5) is 0. The van der Waals surface area contributed by atoms with Gasteiger partial charge in [-0.05, 0) is 44.0 Å². The van der Waals surface area contributed by atoms with Crippen LogP contribution in [0.5, 0.6) is 0 Å². The van der Waals surface area contributed by atoms with Crippen LogP contribution in [0.1, 0.15) is 17.4 Å². The average Bonchev–Trinajstić information content (AvgIpc) is 2.91. The highest BCUT2D eigenvalue weighted by atomic mass is 79.9. The highest BCUT2D eigenvalue weighted by Crippen LogP contribution is 2.37. The molecule has 0 saturated carbocycles. The second kappa shape index (κ2) is 5.60. The van der Waals surface area contributed by atoms with Crippen molar-refractivity contribution in [3.63, 3.8) is 0 Å². The van der Waals surface area contributed by atoms with Gasteiger partial charge < -0.3 is 5.11 Å². The van der Waals surface area contributed by atoms with Gasteiger partial charge in [-0.2, -0.15) is 5.10 Å². The van der Waals surface area contributed by atoms with Crippen molar-refractivity contribution in [3.8, 4) is 0 Å². The van der Waals surface area contributed by atoms with Gasteiger partial charge in [0.1, 0.15) is 0 Å². The third-order valence-electron chi connectivity index (χ3n) is 3.26. The van der Waals surface area contributed by atoms with Gasteiger partial charge in [0.25, 0.3) is 0 Å². The second-order valence-corrected chi connectivity index (χ2v) is 8.34. The summed E-state index contributed by atoms with van der Waals surface area (Å²) in [6.07, 6.45) is -0.0615. The molecule has 20 heavy (non-hydrogen) atoms.